The molecule has 0 aliphatic carbocycles. The standard InChI is InChI=1S/C25H20ClNO5/c1-14-5-3-4-6-19(14)27-22(15-7-10-17(28)11-8-15)21(24(30)25(27)31)23(29)16-9-12-20(32-2)18(26)13-16/h3-13,22,28-29H,1-2H3/b23-21-. The number of carbonyl (C=O) groups is 2. The summed E-state index contributed by atoms with van der Waals surface area (Å²) < 4.78 is 5.15. The largest absolute Gasteiger partial charge is 0.508 e. The summed E-state index contributed by atoms with van der Waals surface area (Å²) >= 11 is 6.21. The van der Waals surface area contributed by atoms with Crippen LogP contribution in [0.25, 0.3) is 5.76 Å². The molecule has 1 aliphatic rings. The lowest BCUT2D eigenvalue weighted by Gasteiger charge is -2.26. The Morgan fingerprint density at radius 1 is 1.03 bits per heavy atom. The summed E-state index contributed by atoms with van der Waals surface area (Å²) in [5, 5.41) is 21.1. The molecule has 1 amide bonds. The summed E-state index contributed by atoms with van der Waals surface area (Å²) in [4.78, 5) is 27.7. The van der Waals surface area contributed by atoms with Crippen LogP contribution in [0.4, 0.5) is 5.69 Å². The molecule has 0 radical (unpaired) electrons. The second-order valence-electron chi connectivity index (χ2n) is 7.40. The SMILES string of the molecule is COc1ccc(/C(O)=C2/C(=O)C(=O)N(c3ccccc3C)C2c2ccc(O)cc2)cc1Cl. The van der Waals surface area contributed by atoms with Gasteiger partial charge < -0.3 is 14.9 Å². The molecule has 0 spiro atoms. The van der Waals surface area contributed by atoms with Crippen LogP contribution in [0.3, 0.4) is 0 Å². The molecule has 6 nitrogen and oxygen atoms in total. The normalized spacial score (nSPS) is 17.6. The number of aryl methyl sites for hydroxylation is 1. The van der Waals surface area contributed by atoms with Gasteiger partial charge in [0.25, 0.3) is 11.7 Å². The van der Waals surface area contributed by atoms with Crippen molar-refractivity contribution in [2.45, 2.75) is 13.0 Å². The summed E-state index contributed by atoms with van der Waals surface area (Å²) in [5.41, 5.74) is 2.13. The zero-order valence-electron chi connectivity index (χ0n) is 17.4. The van der Waals surface area contributed by atoms with Gasteiger partial charge in [0, 0.05) is 11.3 Å². The number of para-hydroxylation sites is 1. The summed E-state index contributed by atoms with van der Waals surface area (Å²) in [5.74, 6) is -1.45. The van der Waals surface area contributed by atoms with Crippen LogP contribution in [0.15, 0.2) is 72.3 Å². The van der Waals surface area contributed by atoms with Gasteiger partial charge in [-0.2, -0.15) is 0 Å². The van der Waals surface area contributed by atoms with E-state index in [-0.39, 0.29) is 27.7 Å². The van der Waals surface area contributed by atoms with Gasteiger partial charge in [0.2, 0.25) is 0 Å². The molecule has 0 saturated carbocycles. The zero-order chi connectivity index (χ0) is 23.0. The van der Waals surface area contributed by atoms with Crippen molar-refractivity contribution in [3.8, 4) is 11.5 Å². The predicted octanol–water partition coefficient (Wildman–Crippen LogP) is 4.99. The number of phenolic OH excluding ortho intramolecular Hbond substituents is 1. The predicted molar refractivity (Wildman–Crippen MR) is 122 cm³/mol. The number of rotatable bonds is 4. The summed E-state index contributed by atoms with van der Waals surface area (Å²) in [6.45, 7) is 1.84. The van der Waals surface area contributed by atoms with Crippen LogP contribution >= 0.6 is 11.6 Å². The Morgan fingerprint density at radius 2 is 1.72 bits per heavy atom. The number of ketones is 1. The molecule has 3 aromatic carbocycles. The number of ether oxygens (including phenoxy) is 1. The number of anilines is 1. The topological polar surface area (TPSA) is 87.1 Å². The van der Waals surface area contributed by atoms with E-state index in [9.17, 15) is 19.8 Å². The van der Waals surface area contributed by atoms with Crippen molar-refractivity contribution in [1.82, 2.24) is 0 Å². The maximum absolute atomic E-state index is 13.2. The average Bonchev–Trinajstić information content (AvgIpc) is 3.04. The van der Waals surface area contributed by atoms with Gasteiger partial charge in [-0.25, -0.2) is 0 Å². The molecular weight excluding hydrogens is 430 g/mol. The van der Waals surface area contributed by atoms with E-state index >= 15 is 0 Å². The Kier molecular flexibility index (Phi) is 5.63. The van der Waals surface area contributed by atoms with Gasteiger partial charge in [-0.3, -0.25) is 14.5 Å². The number of Topliss-reactive ketones (excluding diaryl/α,β-unsaturated/α-hetero) is 1. The first kappa shape index (κ1) is 21.5. The molecule has 162 valence electrons. The van der Waals surface area contributed by atoms with Crippen molar-refractivity contribution in [3.63, 3.8) is 0 Å². The number of aliphatic hydroxyl groups excluding tert-OH is 1. The van der Waals surface area contributed by atoms with Crippen LogP contribution < -0.4 is 9.64 Å². The number of aromatic hydroxyl groups is 1. The molecule has 0 bridgehead atoms. The Bertz CT molecular complexity index is 1250. The first-order valence-electron chi connectivity index (χ1n) is 9.83. The minimum absolute atomic E-state index is 0.0449. The Morgan fingerprint density at radius 3 is 2.34 bits per heavy atom. The van der Waals surface area contributed by atoms with E-state index in [0.717, 1.165) is 5.56 Å². The Hall–Kier alpha value is -3.77. The molecule has 4 rings (SSSR count). The second-order valence-corrected chi connectivity index (χ2v) is 7.80. The van der Waals surface area contributed by atoms with Crippen LogP contribution in [0.5, 0.6) is 11.5 Å². The van der Waals surface area contributed by atoms with Crippen LogP contribution in [0.1, 0.15) is 22.7 Å². The van der Waals surface area contributed by atoms with E-state index in [2.05, 4.69) is 0 Å². The number of nitrogens with zero attached hydrogens (tertiary/aromatic N) is 1. The lowest BCUT2D eigenvalue weighted by atomic mass is 9.95. The monoisotopic (exact) mass is 449 g/mol. The molecule has 1 aliphatic heterocycles. The first-order valence-corrected chi connectivity index (χ1v) is 10.2. The molecule has 32 heavy (non-hydrogen) atoms. The quantitative estimate of drug-likeness (QED) is 0.333. The van der Waals surface area contributed by atoms with E-state index in [0.29, 0.717) is 17.0 Å². The highest BCUT2D eigenvalue weighted by molar-refractivity contribution is 6.51. The van der Waals surface area contributed by atoms with Crippen LogP contribution in [-0.2, 0) is 9.59 Å². The fourth-order valence-electron chi connectivity index (χ4n) is 3.86. The van der Waals surface area contributed by atoms with Gasteiger partial charge >= 0.3 is 0 Å². The highest BCUT2D eigenvalue weighted by Crippen LogP contribution is 2.43. The molecule has 7 heteroatoms. The van der Waals surface area contributed by atoms with Gasteiger partial charge in [0.15, 0.2) is 0 Å². The maximum atomic E-state index is 13.2. The molecule has 1 heterocycles. The van der Waals surface area contributed by atoms with E-state index < -0.39 is 17.7 Å². The van der Waals surface area contributed by atoms with E-state index in [1.807, 2.05) is 19.1 Å². The smallest absolute Gasteiger partial charge is 0.300 e. The first-order chi connectivity index (χ1) is 15.3. The van der Waals surface area contributed by atoms with Gasteiger partial charge in [0.1, 0.15) is 17.3 Å². The van der Waals surface area contributed by atoms with E-state index in [1.54, 1.807) is 36.4 Å². The molecule has 1 atom stereocenters. The van der Waals surface area contributed by atoms with E-state index in [4.69, 9.17) is 16.3 Å². The number of amides is 1. The number of halogens is 1. The minimum Gasteiger partial charge on any atom is -0.508 e. The summed E-state index contributed by atoms with van der Waals surface area (Å²) in [6, 6.07) is 17.1. The highest BCUT2D eigenvalue weighted by atomic mass is 35.5. The van der Waals surface area contributed by atoms with Crippen molar-refractivity contribution >= 4 is 34.7 Å². The summed E-state index contributed by atoms with van der Waals surface area (Å²) in [6.07, 6.45) is 0. The number of hydrogen-bond acceptors (Lipinski definition) is 5. The lowest BCUT2D eigenvalue weighted by molar-refractivity contribution is -0.132. The number of methoxy groups -OCH3 is 1. The average molecular weight is 450 g/mol. The fraction of sp³-hybridized carbons (Fsp3) is 0.120. The molecule has 3 aromatic rings. The van der Waals surface area contributed by atoms with Gasteiger partial charge in [0.05, 0.1) is 23.7 Å². The third kappa shape index (κ3) is 3.59. The van der Waals surface area contributed by atoms with Gasteiger partial charge in [-0.05, 0) is 54.4 Å². The number of aliphatic hydroxyl groups is 1. The molecule has 2 N–H and O–H groups in total. The van der Waals surface area contributed by atoms with Crippen LogP contribution in [0, 0.1) is 6.92 Å². The minimum atomic E-state index is -0.891. The number of benzene rings is 3. The lowest BCUT2D eigenvalue weighted by Crippen LogP contribution is -2.30. The third-order valence-electron chi connectivity index (χ3n) is 5.45. The van der Waals surface area contributed by atoms with Gasteiger partial charge in [-0.15, -0.1) is 0 Å². The van der Waals surface area contributed by atoms with Crippen molar-refractivity contribution in [2.75, 3.05) is 12.0 Å². The zero-order valence-corrected chi connectivity index (χ0v) is 18.1. The number of phenols is 1. The molecule has 1 fully saturated rings. The van der Waals surface area contributed by atoms with Crippen LogP contribution in [0.2, 0.25) is 5.02 Å². The summed E-state index contributed by atoms with van der Waals surface area (Å²) in [7, 11) is 1.47. The van der Waals surface area contributed by atoms with Crippen molar-refractivity contribution in [1.29, 1.82) is 0 Å². The fourth-order valence-corrected chi connectivity index (χ4v) is 4.11. The van der Waals surface area contributed by atoms with Crippen LogP contribution in [-0.4, -0.2) is 29.0 Å². The molecular formula is C25H20ClNO5. The number of hydrogen-bond donors (Lipinski definition) is 2. The molecule has 1 unspecified atom stereocenters. The third-order valence-corrected chi connectivity index (χ3v) is 5.75. The van der Waals surface area contributed by atoms with Crippen molar-refractivity contribution < 1.29 is 24.5 Å². The molecule has 1 saturated heterocycles. The van der Waals surface area contributed by atoms with Gasteiger partial charge in [-0.1, -0.05) is 41.9 Å². The Labute approximate surface area is 189 Å². The number of carbonyl (C=O) groups excluding carboxylic acids is 2. The van der Waals surface area contributed by atoms with Crippen molar-refractivity contribution in [3.05, 3.63) is 94.0 Å². The highest BCUT2D eigenvalue weighted by Gasteiger charge is 2.47. The van der Waals surface area contributed by atoms with E-state index in [1.165, 1.54) is 30.2 Å². The maximum Gasteiger partial charge on any atom is 0.300 e. The Balaban J connectivity index is 1.95. The second kappa shape index (κ2) is 8.40. The molecule has 0 aromatic heterocycles. The van der Waals surface area contributed by atoms with Crippen molar-refractivity contribution in [2.24, 2.45) is 0 Å².